The van der Waals surface area contributed by atoms with Crippen molar-refractivity contribution in [2.75, 3.05) is 0 Å². The lowest BCUT2D eigenvalue weighted by Gasteiger charge is -2.15. The molecule has 2 aromatic rings. The first kappa shape index (κ1) is 13.2. The van der Waals surface area contributed by atoms with Gasteiger partial charge in [-0.05, 0) is 39.7 Å². The number of nitrogens with two attached hydrogens (primary N) is 1. The molecule has 0 radical (unpaired) electrons. The molecule has 0 aliphatic rings. The lowest BCUT2D eigenvalue weighted by atomic mass is 10.0. The summed E-state index contributed by atoms with van der Waals surface area (Å²) in [4.78, 5) is 1.31. The van der Waals surface area contributed by atoms with E-state index in [1.165, 1.54) is 10.4 Å². The van der Waals surface area contributed by atoms with Crippen LogP contribution in [-0.4, -0.2) is 0 Å². The highest BCUT2D eigenvalue weighted by Crippen LogP contribution is 2.26. The molecule has 1 atom stereocenters. The Bertz CT molecular complexity index is 499. The predicted octanol–water partition coefficient (Wildman–Crippen LogP) is 4.02. The Labute approximate surface area is 121 Å². The van der Waals surface area contributed by atoms with Crippen LogP contribution in [-0.2, 0) is 6.42 Å². The molecule has 0 fully saturated rings. The van der Waals surface area contributed by atoms with Gasteiger partial charge in [0.2, 0.25) is 0 Å². The van der Waals surface area contributed by atoms with Crippen molar-refractivity contribution in [2.45, 2.75) is 12.5 Å². The van der Waals surface area contributed by atoms with E-state index in [0.29, 0.717) is 0 Å². The van der Waals surface area contributed by atoms with Crippen molar-refractivity contribution in [1.29, 1.82) is 0 Å². The van der Waals surface area contributed by atoms with Crippen molar-refractivity contribution in [3.8, 4) is 0 Å². The Hall–Kier alpha value is -0.200. The minimum Gasteiger partial charge on any atom is -0.271 e. The summed E-state index contributed by atoms with van der Waals surface area (Å²) >= 11 is 8.68. The van der Waals surface area contributed by atoms with Crippen LogP contribution in [0.4, 0.5) is 0 Å². The summed E-state index contributed by atoms with van der Waals surface area (Å²) in [6.07, 6.45) is 0.892. The molecule has 0 saturated carbocycles. The molecule has 0 spiro atoms. The van der Waals surface area contributed by atoms with Crippen LogP contribution in [0.5, 0.6) is 0 Å². The average Bonchev–Trinajstić information content (AvgIpc) is 2.72. The summed E-state index contributed by atoms with van der Waals surface area (Å²) in [5.74, 6) is 5.64. The minimum atomic E-state index is 0.137. The third kappa shape index (κ3) is 3.63. The van der Waals surface area contributed by atoms with Gasteiger partial charge in [-0.2, -0.15) is 0 Å². The van der Waals surface area contributed by atoms with E-state index in [-0.39, 0.29) is 6.04 Å². The van der Waals surface area contributed by atoms with Crippen molar-refractivity contribution in [3.63, 3.8) is 0 Å². The maximum absolute atomic E-state index is 5.64. The molecule has 2 rings (SSSR count). The third-order valence-electron chi connectivity index (χ3n) is 2.48. The average molecular weight is 376 g/mol. The quantitative estimate of drug-likeness (QED) is 0.625. The Morgan fingerprint density at radius 1 is 1.24 bits per heavy atom. The number of halogens is 2. The topological polar surface area (TPSA) is 38.0 Å². The molecule has 0 aliphatic heterocycles. The zero-order chi connectivity index (χ0) is 12.3. The minimum absolute atomic E-state index is 0.137. The number of nitrogens with one attached hydrogen (secondary N) is 1. The van der Waals surface area contributed by atoms with Gasteiger partial charge in [0.05, 0.1) is 6.04 Å². The number of rotatable bonds is 4. The van der Waals surface area contributed by atoms with E-state index in [2.05, 4.69) is 60.9 Å². The van der Waals surface area contributed by atoms with Crippen LogP contribution in [0.25, 0.3) is 0 Å². The first-order chi connectivity index (χ1) is 8.19. The van der Waals surface area contributed by atoms with Gasteiger partial charge >= 0.3 is 0 Å². The van der Waals surface area contributed by atoms with Gasteiger partial charge in [0, 0.05) is 25.6 Å². The Kier molecular flexibility index (Phi) is 4.76. The van der Waals surface area contributed by atoms with Crippen LogP contribution < -0.4 is 11.3 Å². The molecule has 3 N–H and O–H groups in total. The van der Waals surface area contributed by atoms with Crippen molar-refractivity contribution in [3.05, 3.63) is 55.1 Å². The van der Waals surface area contributed by atoms with Crippen LogP contribution in [0.3, 0.4) is 0 Å². The molecule has 1 heterocycles. The summed E-state index contributed by atoms with van der Waals surface area (Å²) in [6, 6.07) is 10.5. The molecule has 0 bridgehead atoms. The van der Waals surface area contributed by atoms with Gasteiger partial charge < -0.3 is 0 Å². The van der Waals surface area contributed by atoms with Gasteiger partial charge in [-0.25, -0.2) is 0 Å². The van der Waals surface area contributed by atoms with Crippen LogP contribution in [0.2, 0.25) is 0 Å². The molecule has 1 aromatic carbocycles. The summed E-state index contributed by atoms with van der Waals surface area (Å²) in [6.45, 7) is 0. The van der Waals surface area contributed by atoms with Gasteiger partial charge in [-0.15, -0.1) is 11.3 Å². The lowest BCUT2D eigenvalue weighted by molar-refractivity contribution is 0.555. The van der Waals surface area contributed by atoms with Crippen molar-refractivity contribution >= 4 is 43.2 Å². The molecule has 1 aromatic heterocycles. The molecule has 17 heavy (non-hydrogen) atoms. The van der Waals surface area contributed by atoms with E-state index in [4.69, 9.17) is 5.84 Å². The summed E-state index contributed by atoms with van der Waals surface area (Å²) < 4.78 is 2.20. The van der Waals surface area contributed by atoms with Gasteiger partial charge in [-0.3, -0.25) is 11.3 Å². The number of hydrazine groups is 1. The van der Waals surface area contributed by atoms with Gasteiger partial charge in [0.25, 0.3) is 0 Å². The monoisotopic (exact) mass is 374 g/mol. The van der Waals surface area contributed by atoms with E-state index in [0.717, 1.165) is 15.4 Å². The fraction of sp³-hybridized carbons (Fsp3) is 0.167. The standard InChI is InChI=1S/C12H12Br2N2S/c13-9-3-1-2-8(4-9)12(16-15)6-11-5-10(14)7-17-11/h1-5,7,12,16H,6,15H2. The number of hydrogen-bond donors (Lipinski definition) is 2. The second-order valence-corrected chi connectivity index (χ2v) is 6.54. The van der Waals surface area contributed by atoms with Gasteiger partial charge in [-0.1, -0.05) is 28.1 Å². The zero-order valence-electron chi connectivity index (χ0n) is 8.99. The molecule has 5 heteroatoms. The maximum atomic E-state index is 5.64. The van der Waals surface area contributed by atoms with Crippen LogP contribution in [0.15, 0.2) is 44.7 Å². The normalized spacial score (nSPS) is 12.6. The van der Waals surface area contributed by atoms with E-state index in [1.54, 1.807) is 11.3 Å². The molecular weight excluding hydrogens is 364 g/mol. The highest BCUT2D eigenvalue weighted by atomic mass is 79.9. The fourth-order valence-corrected chi connectivity index (χ4v) is 3.57. The first-order valence-electron chi connectivity index (χ1n) is 5.13. The van der Waals surface area contributed by atoms with E-state index in [9.17, 15) is 0 Å². The molecule has 90 valence electrons. The lowest BCUT2D eigenvalue weighted by Crippen LogP contribution is -2.29. The van der Waals surface area contributed by atoms with Crippen LogP contribution >= 0.6 is 43.2 Å². The van der Waals surface area contributed by atoms with Crippen molar-refractivity contribution in [2.24, 2.45) is 5.84 Å². The summed E-state index contributed by atoms with van der Waals surface area (Å²) in [5, 5.41) is 2.09. The summed E-state index contributed by atoms with van der Waals surface area (Å²) in [5.41, 5.74) is 4.06. The Morgan fingerprint density at radius 3 is 2.65 bits per heavy atom. The van der Waals surface area contributed by atoms with Crippen LogP contribution in [0.1, 0.15) is 16.5 Å². The second kappa shape index (κ2) is 6.11. The van der Waals surface area contributed by atoms with Crippen molar-refractivity contribution in [1.82, 2.24) is 5.43 Å². The van der Waals surface area contributed by atoms with Crippen LogP contribution in [0, 0.1) is 0 Å². The van der Waals surface area contributed by atoms with E-state index >= 15 is 0 Å². The number of benzene rings is 1. The fourth-order valence-electron chi connectivity index (χ4n) is 1.66. The Morgan fingerprint density at radius 2 is 2.06 bits per heavy atom. The van der Waals surface area contributed by atoms with Gasteiger partial charge in [0.1, 0.15) is 0 Å². The molecule has 1 unspecified atom stereocenters. The van der Waals surface area contributed by atoms with Crippen molar-refractivity contribution < 1.29 is 0 Å². The third-order valence-corrected chi connectivity index (χ3v) is 4.69. The van der Waals surface area contributed by atoms with Gasteiger partial charge in [0.15, 0.2) is 0 Å². The molecule has 0 aliphatic carbocycles. The highest BCUT2D eigenvalue weighted by Gasteiger charge is 2.12. The smallest absolute Gasteiger partial charge is 0.0508 e. The zero-order valence-corrected chi connectivity index (χ0v) is 13.0. The van der Waals surface area contributed by atoms with E-state index in [1.807, 2.05) is 12.1 Å². The Balaban J connectivity index is 2.16. The first-order valence-corrected chi connectivity index (χ1v) is 7.60. The summed E-state index contributed by atoms with van der Waals surface area (Å²) in [7, 11) is 0. The molecule has 0 saturated heterocycles. The predicted molar refractivity (Wildman–Crippen MR) is 79.9 cm³/mol. The number of hydrogen-bond acceptors (Lipinski definition) is 3. The maximum Gasteiger partial charge on any atom is 0.0508 e. The molecule has 2 nitrogen and oxygen atoms in total. The largest absolute Gasteiger partial charge is 0.271 e. The SMILES string of the molecule is NNC(Cc1cc(Br)cs1)c1cccc(Br)c1. The molecule has 0 amide bonds. The molecular formula is C12H12Br2N2S. The highest BCUT2D eigenvalue weighted by molar-refractivity contribution is 9.10. The number of thiophene rings is 1. The van der Waals surface area contributed by atoms with E-state index < -0.39 is 0 Å². The second-order valence-electron chi connectivity index (χ2n) is 3.71.